The number of rotatable bonds is 3. The molecule has 0 radical (unpaired) electrons. The maximum Gasteiger partial charge on any atom is 0.673 e. The summed E-state index contributed by atoms with van der Waals surface area (Å²) in [6, 6.07) is 24.7. The second kappa shape index (κ2) is 9.11. The maximum absolute atomic E-state index is 12.5. The van der Waals surface area contributed by atoms with Crippen LogP contribution in [-0.4, -0.2) is 19.8 Å². The summed E-state index contributed by atoms with van der Waals surface area (Å²) in [6.07, 6.45) is 0.912. The van der Waals surface area contributed by atoms with Crippen LogP contribution in [0.5, 0.6) is 0 Å². The van der Waals surface area contributed by atoms with Crippen molar-refractivity contribution in [2.45, 2.75) is 19.4 Å². The zero-order chi connectivity index (χ0) is 21.7. The molecule has 2 aromatic carbocycles. The van der Waals surface area contributed by atoms with Crippen molar-refractivity contribution in [3.05, 3.63) is 78.5 Å². The van der Waals surface area contributed by atoms with Gasteiger partial charge in [-0.1, -0.05) is 55.5 Å². The second-order valence-corrected chi connectivity index (χ2v) is 6.77. The predicted molar refractivity (Wildman–Crippen MR) is 107 cm³/mol. The van der Waals surface area contributed by atoms with Crippen LogP contribution in [0.3, 0.4) is 0 Å². The van der Waals surface area contributed by atoms with Gasteiger partial charge in [-0.05, 0) is 23.3 Å². The molecule has 0 saturated carbocycles. The van der Waals surface area contributed by atoms with Gasteiger partial charge in [0, 0.05) is 24.1 Å². The van der Waals surface area contributed by atoms with E-state index in [9.17, 15) is 22.1 Å². The molecule has 0 amide bonds. The van der Waals surface area contributed by atoms with Gasteiger partial charge in [0.25, 0.3) is 5.69 Å². The highest BCUT2D eigenvalue weighted by Crippen LogP contribution is 2.28. The minimum atomic E-state index is -6.00. The van der Waals surface area contributed by atoms with Crippen LogP contribution in [0.2, 0.25) is 0 Å². The molecule has 1 unspecified atom stereocenters. The summed E-state index contributed by atoms with van der Waals surface area (Å²) in [5.74, 6) is -0.250. The number of nitrogens with zero attached hydrogens (tertiary/aromatic N) is 1. The van der Waals surface area contributed by atoms with Crippen molar-refractivity contribution in [1.29, 1.82) is 0 Å². The Morgan fingerprint density at radius 3 is 1.90 bits per heavy atom. The summed E-state index contributed by atoms with van der Waals surface area (Å²) in [6.45, 7) is 2.55. The van der Waals surface area contributed by atoms with Crippen molar-refractivity contribution in [1.82, 2.24) is 0 Å². The Morgan fingerprint density at radius 1 is 0.867 bits per heavy atom. The van der Waals surface area contributed by atoms with E-state index in [1.165, 1.54) is 0 Å². The van der Waals surface area contributed by atoms with E-state index in [2.05, 4.69) is 41.8 Å². The third kappa shape index (κ3) is 5.26. The Kier molecular flexibility index (Phi) is 6.55. The lowest BCUT2D eigenvalue weighted by Crippen LogP contribution is -2.52. The lowest BCUT2D eigenvalue weighted by atomic mass is 9.99. The summed E-state index contributed by atoms with van der Waals surface area (Å²) >= 11 is 0. The number of ether oxygens (including phenoxy) is 1. The summed E-state index contributed by atoms with van der Waals surface area (Å²) < 4.78 is 46.6. The van der Waals surface area contributed by atoms with Gasteiger partial charge in [0.05, 0.1) is 0 Å². The van der Waals surface area contributed by atoms with Crippen LogP contribution >= 0.6 is 0 Å². The molecule has 4 rings (SSSR count). The SMILES string of the molecule is CCC1COC(=O)c2cc(-c3ccccc3)cc(-c3ccccc3)[n+]21.F[B-](F)(F)F. The van der Waals surface area contributed by atoms with Gasteiger partial charge in [0.1, 0.15) is 0 Å². The Morgan fingerprint density at radius 2 is 1.37 bits per heavy atom. The summed E-state index contributed by atoms with van der Waals surface area (Å²) in [5, 5.41) is 0. The number of esters is 1. The van der Waals surface area contributed by atoms with Gasteiger partial charge in [-0.3, -0.25) is 0 Å². The standard InChI is InChI=1S/C22H20NO2.BF4/c1-2-19-15-25-22(24)21-14-18(16-9-5-3-6-10-16)13-20(23(19)21)17-11-7-4-8-12-17;2-1(3,4)5/h3-14,19H,2,15H2,1H3;/q+1;-1. The molecule has 0 bridgehead atoms. The Labute approximate surface area is 172 Å². The molecule has 156 valence electrons. The predicted octanol–water partition coefficient (Wildman–Crippen LogP) is 5.73. The van der Waals surface area contributed by atoms with E-state index in [1.807, 2.05) is 42.5 Å². The van der Waals surface area contributed by atoms with Crippen molar-refractivity contribution in [2.24, 2.45) is 0 Å². The lowest BCUT2D eigenvalue weighted by molar-refractivity contribution is -0.721. The number of fused-ring (bicyclic) bond motifs is 1. The molecular formula is C22H20BF4NO2. The molecule has 8 heteroatoms. The third-order valence-corrected chi connectivity index (χ3v) is 4.73. The molecule has 3 aromatic rings. The molecular weight excluding hydrogens is 397 g/mol. The van der Waals surface area contributed by atoms with E-state index in [1.54, 1.807) is 0 Å². The highest BCUT2D eigenvalue weighted by Gasteiger charge is 2.37. The topological polar surface area (TPSA) is 30.2 Å². The van der Waals surface area contributed by atoms with Crippen LogP contribution in [0.1, 0.15) is 29.9 Å². The van der Waals surface area contributed by atoms with Crippen LogP contribution in [0, 0.1) is 0 Å². The van der Waals surface area contributed by atoms with Crippen molar-refractivity contribution in [3.8, 4) is 22.4 Å². The number of hydrogen-bond donors (Lipinski definition) is 0. The quantitative estimate of drug-likeness (QED) is 0.236. The smallest absolute Gasteiger partial charge is 0.451 e. The van der Waals surface area contributed by atoms with E-state index in [0.717, 1.165) is 28.8 Å². The van der Waals surface area contributed by atoms with E-state index in [4.69, 9.17) is 4.74 Å². The zero-order valence-electron chi connectivity index (χ0n) is 16.3. The Hall–Kier alpha value is -3.16. The molecule has 0 saturated heterocycles. The van der Waals surface area contributed by atoms with Gasteiger partial charge < -0.3 is 22.0 Å². The van der Waals surface area contributed by atoms with Crippen molar-refractivity contribution < 1.29 is 31.4 Å². The fourth-order valence-corrected chi connectivity index (χ4v) is 3.41. The summed E-state index contributed by atoms with van der Waals surface area (Å²) in [4.78, 5) is 12.5. The number of cyclic esters (lactones) is 1. The first-order chi connectivity index (χ1) is 14.3. The Bertz CT molecular complexity index is 1000. The molecule has 0 spiro atoms. The number of carbonyl (C=O) groups excluding carboxylic acids is 1. The molecule has 2 heterocycles. The second-order valence-electron chi connectivity index (χ2n) is 6.77. The van der Waals surface area contributed by atoms with Gasteiger partial charge in [0.2, 0.25) is 5.69 Å². The summed E-state index contributed by atoms with van der Waals surface area (Å²) in [5.41, 5.74) is 4.90. The first-order valence-electron chi connectivity index (χ1n) is 9.52. The van der Waals surface area contributed by atoms with E-state index in [0.29, 0.717) is 12.3 Å². The van der Waals surface area contributed by atoms with Gasteiger partial charge in [-0.25, -0.2) is 4.79 Å². The number of hydrogen-bond acceptors (Lipinski definition) is 2. The van der Waals surface area contributed by atoms with Crippen LogP contribution < -0.4 is 4.57 Å². The van der Waals surface area contributed by atoms with E-state index >= 15 is 0 Å². The fraction of sp³-hybridized carbons (Fsp3) is 0.182. The molecule has 1 aliphatic rings. The highest BCUT2D eigenvalue weighted by molar-refractivity contribution is 6.50. The number of halogens is 4. The lowest BCUT2D eigenvalue weighted by Gasteiger charge is -2.21. The van der Waals surface area contributed by atoms with Crippen LogP contribution in [0.4, 0.5) is 17.3 Å². The van der Waals surface area contributed by atoms with Crippen LogP contribution in [0.25, 0.3) is 22.4 Å². The molecule has 0 N–H and O–H groups in total. The average Bonchev–Trinajstić information content (AvgIpc) is 2.74. The molecule has 1 atom stereocenters. The molecule has 3 nitrogen and oxygen atoms in total. The van der Waals surface area contributed by atoms with E-state index in [-0.39, 0.29) is 12.0 Å². The largest absolute Gasteiger partial charge is 0.673 e. The van der Waals surface area contributed by atoms with Crippen LogP contribution in [0.15, 0.2) is 72.8 Å². The molecule has 1 aliphatic heterocycles. The zero-order valence-corrected chi connectivity index (χ0v) is 16.3. The highest BCUT2D eigenvalue weighted by atomic mass is 19.5. The normalized spacial score (nSPS) is 15.5. The fourth-order valence-electron chi connectivity index (χ4n) is 3.41. The number of pyridine rings is 1. The maximum atomic E-state index is 12.5. The van der Waals surface area contributed by atoms with Crippen molar-refractivity contribution >= 4 is 13.2 Å². The molecule has 0 aliphatic carbocycles. The minimum Gasteiger partial charge on any atom is -0.451 e. The summed E-state index contributed by atoms with van der Waals surface area (Å²) in [7, 11) is -6.00. The third-order valence-electron chi connectivity index (χ3n) is 4.73. The van der Waals surface area contributed by atoms with Gasteiger partial charge in [-0.2, -0.15) is 4.57 Å². The van der Waals surface area contributed by atoms with Crippen molar-refractivity contribution in [2.75, 3.05) is 6.61 Å². The number of carbonyl (C=O) groups is 1. The van der Waals surface area contributed by atoms with E-state index < -0.39 is 7.25 Å². The first kappa shape index (κ1) is 21.6. The van der Waals surface area contributed by atoms with Crippen LogP contribution in [-0.2, 0) is 4.74 Å². The van der Waals surface area contributed by atoms with Crippen molar-refractivity contribution in [3.63, 3.8) is 0 Å². The molecule has 1 aromatic heterocycles. The van der Waals surface area contributed by atoms with Gasteiger partial charge in [0.15, 0.2) is 12.6 Å². The molecule has 0 fully saturated rings. The van der Waals surface area contributed by atoms with Gasteiger partial charge >= 0.3 is 13.2 Å². The average molecular weight is 417 g/mol. The Balaban J connectivity index is 0.000000461. The molecule has 30 heavy (non-hydrogen) atoms. The first-order valence-corrected chi connectivity index (χ1v) is 9.52. The van der Waals surface area contributed by atoms with Gasteiger partial charge in [-0.15, -0.1) is 0 Å². The number of aromatic nitrogens is 1. The monoisotopic (exact) mass is 417 g/mol. The minimum absolute atomic E-state index is 0.160. The number of benzene rings is 2.